The lowest BCUT2D eigenvalue weighted by molar-refractivity contribution is 0.355. The first kappa shape index (κ1) is 21.0. The standard InChI is InChI=1S/C26H23N3O3S/c1-15-11-16(2)25-19(28-29-26-27-18-7-5-6-8-24(18)33-26)14-21(32-23(25)12-15)17-9-10-20(30-3)22(13-17)31-4/h5-14H,1-4H3,(H,27,29). The molecule has 0 bridgehead atoms. The monoisotopic (exact) mass is 457 g/mol. The van der Waals surface area contributed by atoms with E-state index in [1.807, 2.05) is 48.5 Å². The molecule has 0 unspecified atom stereocenters. The zero-order valence-electron chi connectivity index (χ0n) is 18.8. The molecular weight excluding hydrogens is 434 g/mol. The zero-order valence-corrected chi connectivity index (χ0v) is 19.6. The molecule has 5 aromatic rings. The number of ether oxygens (including phenoxy) is 2. The van der Waals surface area contributed by atoms with Crippen LogP contribution in [0, 0.1) is 13.8 Å². The van der Waals surface area contributed by atoms with E-state index in [4.69, 9.17) is 19.0 Å². The maximum Gasteiger partial charge on any atom is 0.204 e. The van der Waals surface area contributed by atoms with Gasteiger partial charge >= 0.3 is 0 Å². The van der Waals surface area contributed by atoms with Crippen molar-refractivity contribution in [3.05, 3.63) is 77.1 Å². The first-order valence-electron chi connectivity index (χ1n) is 10.5. The highest BCUT2D eigenvalue weighted by molar-refractivity contribution is 7.22. The van der Waals surface area contributed by atoms with E-state index in [-0.39, 0.29) is 0 Å². The van der Waals surface area contributed by atoms with Gasteiger partial charge in [-0.05, 0) is 61.4 Å². The summed E-state index contributed by atoms with van der Waals surface area (Å²) in [6, 6.07) is 19.8. The van der Waals surface area contributed by atoms with Crippen LogP contribution in [0.2, 0.25) is 0 Å². The summed E-state index contributed by atoms with van der Waals surface area (Å²) in [4.78, 5) is 4.63. The van der Waals surface area contributed by atoms with Crippen molar-refractivity contribution in [2.24, 2.45) is 5.10 Å². The summed E-state index contributed by atoms with van der Waals surface area (Å²) in [6.45, 7) is 4.12. The lowest BCUT2D eigenvalue weighted by atomic mass is 10.0. The number of thiazole rings is 1. The van der Waals surface area contributed by atoms with Crippen molar-refractivity contribution in [2.45, 2.75) is 13.8 Å². The van der Waals surface area contributed by atoms with Crippen LogP contribution in [0.25, 0.3) is 32.5 Å². The van der Waals surface area contributed by atoms with E-state index >= 15 is 0 Å². The smallest absolute Gasteiger partial charge is 0.204 e. The highest BCUT2D eigenvalue weighted by Gasteiger charge is 2.12. The molecule has 1 N–H and O–H groups in total. The van der Waals surface area contributed by atoms with Crippen LogP contribution in [0.3, 0.4) is 0 Å². The molecule has 0 spiro atoms. The molecule has 0 saturated carbocycles. The number of nitrogens with zero attached hydrogens (tertiary/aromatic N) is 2. The van der Waals surface area contributed by atoms with E-state index in [0.717, 1.165) is 48.4 Å². The summed E-state index contributed by atoms with van der Waals surface area (Å²) in [5.41, 5.74) is 7.95. The third-order valence-electron chi connectivity index (χ3n) is 5.42. The van der Waals surface area contributed by atoms with Crippen LogP contribution in [0.5, 0.6) is 11.5 Å². The Morgan fingerprint density at radius 2 is 1.76 bits per heavy atom. The number of aromatic nitrogens is 1. The van der Waals surface area contributed by atoms with Gasteiger partial charge in [-0.2, -0.15) is 5.10 Å². The van der Waals surface area contributed by atoms with Gasteiger partial charge in [0, 0.05) is 17.0 Å². The van der Waals surface area contributed by atoms with E-state index in [9.17, 15) is 0 Å². The highest BCUT2D eigenvalue weighted by Crippen LogP contribution is 2.33. The topological polar surface area (TPSA) is 68.9 Å². The molecule has 2 aromatic heterocycles. The van der Waals surface area contributed by atoms with Gasteiger partial charge in [0.2, 0.25) is 5.13 Å². The quantitative estimate of drug-likeness (QED) is 0.315. The molecule has 0 fully saturated rings. The molecule has 2 heterocycles. The van der Waals surface area contributed by atoms with Crippen molar-refractivity contribution in [2.75, 3.05) is 19.6 Å². The predicted molar refractivity (Wildman–Crippen MR) is 133 cm³/mol. The van der Waals surface area contributed by atoms with E-state index in [2.05, 4.69) is 36.4 Å². The second-order valence-corrected chi connectivity index (χ2v) is 8.76. The summed E-state index contributed by atoms with van der Waals surface area (Å²) >= 11 is 1.57. The fraction of sp³-hybridized carbons (Fsp3) is 0.154. The molecule has 0 saturated heterocycles. The first-order valence-corrected chi connectivity index (χ1v) is 11.3. The Kier molecular flexibility index (Phi) is 5.48. The largest absolute Gasteiger partial charge is 0.493 e. The van der Waals surface area contributed by atoms with Gasteiger partial charge in [-0.3, -0.25) is 5.43 Å². The minimum Gasteiger partial charge on any atom is -0.493 e. The van der Waals surface area contributed by atoms with Crippen LogP contribution < -0.4 is 20.3 Å². The SMILES string of the molecule is COc1ccc(-c2cc(=NNc3nc4ccccc4s3)c3c(C)cc(C)cc3o2)cc1OC. The minimum absolute atomic E-state index is 0.636. The molecule has 0 atom stereocenters. The third kappa shape index (κ3) is 4.03. The van der Waals surface area contributed by atoms with Gasteiger partial charge < -0.3 is 13.9 Å². The molecule has 7 heteroatoms. The normalized spacial score (nSPS) is 11.8. The van der Waals surface area contributed by atoms with Gasteiger partial charge in [-0.15, -0.1) is 0 Å². The number of benzene rings is 3. The van der Waals surface area contributed by atoms with Crippen molar-refractivity contribution < 1.29 is 13.9 Å². The van der Waals surface area contributed by atoms with E-state index in [0.29, 0.717) is 17.3 Å². The summed E-state index contributed by atoms with van der Waals surface area (Å²) in [6.07, 6.45) is 0. The first-order chi connectivity index (χ1) is 16.1. The van der Waals surface area contributed by atoms with Crippen LogP contribution in [-0.2, 0) is 0 Å². The summed E-state index contributed by atoms with van der Waals surface area (Å²) in [5, 5.41) is 7.21. The van der Waals surface area contributed by atoms with E-state index in [1.165, 1.54) is 0 Å². The number of rotatable bonds is 5. The summed E-state index contributed by atoms with van der Waals surface area (Å²) in [7, 11) is 3.24. The lowest BCUT2D eigenvalue weighted by Crippen LogP contribution is -2.09. The van der Waals surface area contributed by atoms with Crippen LogP contribution in [-0.4, -0.2) is 19.2 Å². The Morgan fingerprint density at radius 1 is 0.939 bits per heavy atom. The molecule has 5 rings (SSSR count). The number of fused-ring (bicyclic) bond motifs is 2. The number of hydrogen-bond donors (Lipinski definition) is 1. The van der Waals surface area contributed by atoms with Crippen LogP contribution in [0.1, 0.15) is 11.1 Å². The van der Waals surface area contributed by atoms with Crippen LogP contribution in [0.15, 0.2) is 70.2 Å². The number of hydrogen-bond acceptors (Lipinski definition) is 7. The Balaban J connectivity index is 1.67. The number of aryl methyl sites for hydroxylation is 2. The molecule has 0 aliphatic heterocycles. The number of methoxy groups -OCH3 is 2. The van der Waals surface area contributed by atoms with Crippen molar-refractivity contribution in [3.8, 4) is 22.8 Å². The Labute approximate surface area is 195 Å². The minimum atomic E-state index is 0.636. The van der Waals surface area contributed by atoms with Gasteiger partial charge in [-0.25, -0.2) is 4.98 Å². The molecule has 0 aliphatic rings. The molecule has 6 nitrogen and oxygen atoms in total. The molecule has 3 aromatic carbocycles. The summed E-state index contributed by atoms with van der Waals surface area (Å²) < 4.78 is 18.3. The maximum atomic E-state index is 6.33. The van der Waals surface area contributed by atoms with Gasteiger partial charge in [0.05, 0.1) is 29.8 Å². The fourth-order valence-electron chi connectivity index (χ4n) is 3.93. The van der Waals surface area contributed by atoms with Crippen molar-refractivity contribution >= 4 is 37.7 Å². The van der Waals surface area contributed by atoms with E-state index < -0.39 is 0 Å². The molecular formula is C26H23N3O3S. The van der Waals surface area contributed by atoms with Gasteiger partial charge in [0.25, 0.3) is 0 Å². The van der Waals surface area contributed by atoms with Gasteiger partial charge in [0.15, 0.2) is 11.5 Å². The Hall–Kier alpha value is -3.84. The third-order valence-corrected chi connectivity index (χ3v) is 6.36. The average molecular weight is 458 g/mol. The Morgan fingerprint density at radius 3 is 2.55 bits per heavy atom. The Bertz CT molecular complexity index is 1520. The maximum absolute atomic E-state index is 6.33. The molecule has 33 heavy (non-hydrogen) atoms. The second kappa shape index (κ2) is 8.60. The highest BCUT2D eigenvalue weighted by atomic mass is 32.1. The van der Waals surface area contributed by atoms with Crippen molar-refractivity contribution in [1.29, 1.82) is 0 Å². The van der Waals surface area contributed by atoms with E-state index in [1.54, 1.807) is 25.6 Å². The molecule has 0 aliphatic carbocycles. The van der Waals surface area contributed by atoms with Crippen molar-refractivity contribution in [3.63, 3.8) is 0 Å². The second-order valence-electron chi connectivity index (χ2n) is 7.73. The lowest BCUT2D eigenvalue weighted by Gasteiger charge is -2.11. The number of nitrogens with one attached hydrogen (secondary N) is 1. The van der Waals surface area contributed by atoms with Gasteiger partial charge in [-0.1, -0.05) is 29.5 Å². The number of anilines is 1. The number of para-hydroxylation sites is 1. The van der Waals surface area contributed by atoms with Crippen LogP contribution in [0.4, 0.5) is 5.13 Å². The van der Waals surface area contributed by atoms with Crippen molar-refractivity contribution in [1.82, 2.24) is 4.98 Å². The molecule has 0 radical (unpaired) electrons. The zero-order chi connectivity index (χ0) is 22.9. The van der Waals surface area contributed by atoms with Gasteiger partial charge in [0.1, 0.15) is 11.3 Å². The molecule has 0 amide bonds. The fourth-order valence-corrected chi connectivity index (χ4v) is 4.74. The predicted octanol–water partition coefficient (Wildman–Crippen LogP) is 6.27. The average Bonchev–Trinajstić information content (AvgIpc) is 3.24. The molecule has 166 valence electrons. The summed E-state index contributed by atoms with van der Waals surface area (Å²) in [5.74, 6) is 1.98. The van der Waals surface area contributed by atoms with Crippen LogP contribution >= 0.6 is 11.3 Å².